The second kappa shape index (κ2) is 9.65. The van der Waals surface area contributed by atoms with Crippen LogP contribution in [0.3, 0.4) is 0 Å². The summed E-state index contributed by atoms with van der Waals surface area (Å²) in [5.74, 6) is 1.09. The van der Waals surface area contributed by atoms with Crippen molar-refractivity contribution in [3.63, 3.8) is 0 Å². The monoisotopic (exact) mass is 443 g/mol. The first-order valence-corrected chi connectivity index (χ1v) is 11.4. The summed E-state index contributed by atoms with van der Waals surface area (Å²) in [6, 6.07) is 22.2. The minimum absolute atomic E-state index is 0.259. The third-order valence-electron chi connectivity index (χ3n) is 6.44. The summed E-state index contributed by atoms with van der Waals surface area (Å²) in [4.78, 5) is 4.85. The quantitative estimate of drug-likeness (QED) is 0.455. The van der Waals surface area contributed by atoms with E-state index >= 15 is 0 Å². The Morgan fingerprint density at radius 2 is 1.58 bits per heavy atom. The van der Waals surface area contributed by atoms with E-state index in [1.807, 2.05) is 30.3 Å². The molecule has 0 aliphatic carbocycles. The largest absolute Gasteiger partial charge is 0.507 e. The minimum atomic E-state index is 0.259. The zero-order chi connectivity index (χ0) is 22.6. The summed E-state index contributed by atoms with van der Waals surface area (Å²) in [6.07, 6.45) is 0.611. The van der Waals surface area contributed by atoms with E-state index in [1.54, 1.807) is 13.2 Å². The lowest BCUT2D eigenvalue weighted by Gasteiger charge is -2.34. The molecule has 5 rings (SSSR count). The van der Waals surface area contributed by atoms with Crippen molar-refractivity contribution < 1.29 is 14.4 Å². The Labute approximate surface area is 194 Å². The summed E-state index contributed by atoms with van der Waals surface area (Å²) in [5, 5.41) is 15.9. The number of nitrogens with zero attached hydrogens (tertiary/aromatic N) is 3. The van der Waals surface area contributed by atoms with Crippen LogP contribution < -0.4 is 4.74 Å². The molecule has 0 radical (unpaired) electrons. The van der Waals surface area contributed by atoms with E-state index < -0.39 is 0 Å². The molecule has 3 aromatic carbocycles. The van der Waals surface area contributed by atoms with Gasteiger partial charge in [-0.05, 0) is 23.8 Å². The van der Waals surface area contributed by atoms with E-state index in [0.29, 0.717) is 18.5 Å². The van der Waals surface area contributed by atoms with Gasteiger partial charge >= 0.3 is 0 Å². The second-order valence-electron chi connectivity index (χ2n) is 8.60. The summed E-state index contributed by atoms with van der Waals surface area (Å²) in [5.41, 5.74) is 4.73. The van der Waals surface area contributed by atoms with Crippen LogP contribution in [0.4, 0.5) is 0 Å². The van der Waals surface area contributed by atoms with E-state index in [0.717, 1.165) is 60.7 Å². The lowest BCUT2D eigenvalue weighted by atomic mass is 10.0. The molecule has 1 aromatic heterocycles. The molecule has 6 heteroatoms. The van der Waals surface area contributed by atoms with Crippen LogP contribution in [0.15, 0.2) is 71.3 Å². The van der Waals surface area contributed by atoms with Gasteiger partial charge in [-0.25, -0.2) is 0 Å². The molecule has 0 atom stereocenters. The van der Waals surface area contributed by atoms with Crippen molar-refractivity contribution >= 4 is 11.0 Å². The number of fused-ring (bicyclic) bond motifs is 1. The summed E-state index contributed by atoms with van der Waals surface area (Å²) in [6.45, 7) is 5.52. The van der Waals surface area contributed by atoms with E-state index in [-0.39, 0.29) is 5.75 Å². The van der Waals surface area contributed by atoms with Gasteiger partial charge in [0.05, 0.1) is 18.4 Å². The van der Waals surface area contributed by atoms with Crippen LogP contribution in [-0.4, -0.2) is 53.4 Å². The summed E-state index contributed by atoms with van der Waals surface area (Å²) < 4.78 is 11.2. The maximum absolute atomic E-state index is 10.6. The van der Waals surface area contributed by atoms with E-state index in [9.17, 15) is 5.11 Å². The van der Waals surface area contributed by atoms with E-state index in [1.165, 1.54) is 5.56 Å². The van der Waals surface area contributed by atoms with Gasteiger partial charge < -0.3 is 14.4 Å². The predicted molar refractivity (Wildman–Crippen MR) is 128 cm³/mol. The Bertz CT molecular complexity index is 1210. The first-order valence-electron chi connectivity index (χ1n) is 11.4. The third-order valence-corrected chi connectivity index (χ3v) is 6.44. The van der Waals surface area contributed by atoms with Gasteiger partial charge in [0, 0.05) is 56.6 Å². The molecule has 1 aliphatic rings. The highest BCUT2D eigenvalue weighted by atomic mass is 16.5. The van der Waals surface area contributed by atoms with Gasteiger partial charge in [-0.15, -0.1) is 0 Å². The maximum Gasteiger partial charge on any atom is 0.175 e. The van der Waals surface area contributed by atoms with Gasteiger partial charge in [0.1, 0.15) is 11.5 Å². The zero-order valence-corrected chi connectivity index (χ0v) is 18.9. The fourth-order valence-electron chi connectivity index (χ4n) is 4.58. The highest BCUT2D eigenvalue weighted by Gasteiger charge is 2.22. The highest BCUT2D eigenvalue weighted by Crippen LogP contribution is 2.32. The van der Waals surface area contributed by atoms with Crippen molar-refractivity contribution in [3.8, 4) is 11.5 Å². The van der Waals surface area contributed by atoms with E-state index in [2.05, 4.69) is 45.3 Å². The molecular weight excluding hydrogens is 414 g/mol. The maximum atomic E-state index is 10.6. The number of piperazine rings is 1. The molecule has 0 amide bonds. The number of methoxy groups -OCH3 is 1. The highest BCUT2D eigenvalue weighted by molar-refractivity contribution is 5.84. The van der Waals surface area contributed by atoms with Crippen LogP contribution >= 0.6 is 0 Å². The number of rotatable bonds is 7. The van der Waals surface area contributed by atoms with Gasteiger partial charge in [-0.1, -0.05) is 53.7 Å². The molecule has 0 saturated carbocycles. The smallest absolute Gasteiger partial charge is 0.175 e. The molecule has 6 nitrogen and oxygen atoms in total. The van der Waals surface area contributed by atoms with Crippen LogP contribution in [0.25, 0.3) is 11.0 Å². The predicted octanol–water partition coefficient (Wildman–Crippen LogP) is 4.45. The van der Waals surface area contributed by atoms with Crippen molar-refractivity contribution in [2.75, 3.05) is 33.3 Å². The number of hydrogen-bond donors (Lipinski definition) is 1. The van der Waals surface area contributed by atoms with Gasteiger partial charge in [-0.3, -0.25) is 9.80 Å². The van der Waals surface area contributed by atoms with Crippen LogP contribution in [0.5, 0.6) is 11.5 Å². The standard InChI is InChI=1S/C27H29N3O3/c1-32-26-10-6-5-9-21(26)17-24-22-11-12-25(31)23(27(22)33-28-24)19-30-15-13-29(14-16-30)18-20-7-3-2-4-8-20/h2-12,31H,13-19H2,1H3. The molecule has 0 spiro atoms. The van der Waals surface area contributed by atoms with Crippen LogP contribution in [-0.2, 0) is 19.5 Å². The first kappa shape index (κ1) is 21.5. The molecule has 4 aromatic rings. The van der Waals surface area contributed by atoms with Crippen molar-refractivity contribution in [2.45, 2.75) is 19.5 Å². The second-order valence-corrected chi connectivity index (χ2v) is 8.60. The summed E-state index contributed by atoms with van der Waals surface area (Å²) >= 11 is 0. The molecular formula is C27H29N3O3. The number of phenols is 1. The number of aromatic nitrogens is 1. The number of para-hydroxylation sites is 1. The van der Waals surface area contributed by atoms with Crippen molar-refractivity contribution in [3.05, 3.63) is 89.1 Å². The van der Waals surface area contributed by atoms with Crippen LogP contribution in [0.2, 0.25) is 0 Å². The average molecular weight is 444 g/mol. The minimum Gasteiger partial charge on any atom is -0.507 e. The third kappa shape index (κ3) is 4.72. The normalized spacial score (nSPS) is 15.2. The number of ether oxygens (including phenoxy) is 1. The van der Waals surface area contributed by atoms with Gasteiger partial charge in [0.15, 0.2) is 5.58 Å². The number of aromatic hydroxyl groups is 1. The molecule has 1 aliphatic heterocycles. The lowest BCUT2D eigenvalue weighted by Crippen LogP contribution is -2.45. The molecule has 1 N–H and O–H groups in total. The van der Waals surface area contributed by atoms with Crippen molar-refractivity contribution in [1.29, 1.82) is 0 Å². The Balaban J connectivity index is 1.29. The molecule has 2 heterocycles. The van der Waals surface area contributed by atoms with Crippen LogP contribution in [0, 0.1) is 0 Å². The van der Waals surface area contributed by atoms with Gasteiger partial charge in [0.25, 0.3) is 0 Å². The fraction of sp³-hybridized carbons (Fsp3) is 0.296. The SMILES string of the molecule is COc1ccccc1Cc1noc2c(CN3CCN(Cc4ccccc4)CC3)c(O)ccc12. The lowest BCUT2D eigenvalue weighted by molar-refractivity contribution is 0.121. The number of benzene rings is 3. The van der Waals surface area contributed by atoms with Gasteiger partial charge in [-0.2, -0.15) is 0 Å². The molecule has 0 bridgehead atoms. The Hall–Kier alpha value is -3.35. The number of hydrogen-bond acceptors (Lipinski definition) is 6. The molecule has 33 heavy (non-hydrogen) atoms. The zero-order valence-electron chi connectivity index (χ0n) is 18.9. The molecule has 1 fully saturated rings. The Morgan fingerprint density at radius 3 is 2.33 bits per heavy atom. The molecule has 0 unspecified atom stereocenters. The molecule has 1 saturated heterocycles. The Morgan fingerprint density at radius 1 is 0.879 bits per heavy atom. The van der Waals surface area contributed by atoms with E-state index in [4.69, 9.17) is 9.26 Å². The van der Waals surface area contributed by atoms with Crippen LogP contribution in [0.1, 0.15) is 22.4 Å². The van der Waals surface area contributed by atoms with Crippen molar-refractivity contribution in [2.24, 2.45) is 0 Å². The average Bonchev–Trinajstić information content (AvgIpc) is 3.26. The van der Waals surface area contributed by atoms with Crippen molar-refractivity contribution in [1.82, 2.24) is 15.0 Å². The number of phenolic OH excluding ortho intramolecular Hbond substituents is 1. The fourth-order valence-corrected chi connectivity index (χ4v) is 4.58. The topological polar surface area (TPSA) is 62.0 Å². The molecule has 170 valence electrons. The summed E-state index contributed by atoms with van der Waals surface area (Å²) in [7, 11) is 1.68. The Kier molecular flexibility index (Phi) is 6.28. The van der Waals surface area contributed by atoms with Gasteiger partial charge in [0.2, 0.25) is 0 Å². The first-order chi connectivity index (χ1) is 16.2.